The molecule has 0 aromatic heterocycles. The van der Waals surface area contributed by atoms with Crippen LogP contribution in [0.15, 0.2) is 0 Å². The van der Waals surface area contributed by atoms with Crippen molar-refractivity contribution in [1.82, 2.24) is 15.5 Å². The largest absolute Gasteiger partial charge is 0.481 e. The van der Waals surface area contributed by atoms with Gasteiger partial charge in [-0.05, 0) is 19.3 Å². The molecule has 0 saturated carbocycles. The molecule has 5 atom stereocenters. The maximum atomic E-state index is 14.0. The van der Waals surface area contributed by atoms with Gasteiger partial charge in [0.1, 0.15) is 12.2 Å². The molecule has 13 nitrogen and oxygen atoms in total. The van der Waals surface area contributed by atoms with Gasteiger partial charge in [0.05, 0.1) is 25.3 Å². The number of hydrogen-bond donors (Lipinski definition) is 7. The lowest BCUT2D eigenvalue weighted by Crippen LogP contribution is -2.72. The molecule has 1 aliphatic heterocycles. The standard InChI is InChI=1S/C39H74N4O9/c1-3-5-7-9-11-13-14-15-17-19-21-23-27-43(35(47)24-22-20-18-16-12-10-8-6-4-2)39(28-32(45)37(50)33(30-44)52-39)42-34(46)29-41-38(51)31(40)25-26-36(48)49/h31-33,37,44-45,50H,3-30,40H2,1-2H3,(H,41,51)(H,42,46)(H,48,49)/t31-,32+,33+,37-,39-/m0/s1. The van der Waals surface area contributed by atoms with Crippen molar-refractivity contribution in [1.29, 1.82) is 0 Å². The number of hydrogen-bond acceptors (Lipinski definition) is 9. The first-order valence-electron chi connectivity index (χ1n) is 20.5. The monoisotopic (exact) mass is 743 g/mol. The third-order valence-corrected chi connectivity index (χ3v) is 10.0. The molecule has 0 aliphatic carbocycles. The van der Waals surface area contributed by atoms with Crippen LogP contribution < -0.4 is 16.4 Å². The van der Waals surface area contributed by atoms with Crippen molar-refractivity contribution in [3.05, 3.63) is 0 Å². The van der Waals surface area contributed by atoms with E-state index in [1.165, 1.54) is 81.9 Å². The normalized spacial score (nSPS) is 20.7. The zero-order chi connectivity index (χ0) is 38.6. The number of nitrogens with one attached hydrogen (secondary N) is 2. The van der Waals surface area contributed by atoms with Gasteiger partial charge in [-0.1, -0.05) is 136 Å². The van der Waals surface area contributed by atoms with Crippen molar-refractivity contribution in [3.8, 4) is 0 Å². The second-order valence-corrected chi connectivity index (χ2v) is 14.7. The highest BCUT2D eigenvalue weighted by atomic mass is 16.6. The zero-order valence-corrected chi connectivity index (χ0v) is 32.5. The van der Waals surface area contributed by atoms with E-state index in [0.717, 1.165) is 44.9 Å². The Morgan fingerprint density at radius 2 is 1.25 bits per heavy atom. The summed E-state index contributed by atoms with van der Waals surface area (Å²) in [5.41, 5.74) is 5.79. The van der Waals surface area contributed by atoms with E-state index in [2.05, 4.69) is 24.5 Å². The molecule has 13 heteroatoms. The van der Waals surface area contributed by atoms with Crippen LogP contribution >= 0.6 is 0 Å². The fraction of sp³-hybridized carbons (Fsp3) is 0.897. The van der Waals surface area contributed by atoms with Gasteiger partial charge in [0.25, 0.3) is 0 Å². The second kappa shape index (κ2) is 29.1. The molecule has 1 saturated heterocycles. The quantitative estimate of drug-likeness (QED) is 0.0361. The topological polar surface area (TPSA) is 212 Å². The maximum Gasteiger partial charge on any atom is 0.303 e. The van der Waals surface area contributed by atoms with Crippen molar-refractivity contribution in [2.24, 2.45) is 5.73 Å². The zero-order valence-electron chi connectivity index (χ0n) is 32.5. The van der Waals surface area contributed by atoms with E-state index in [4.69, 9.17) is 15.6 Å². The van der Waals surface area contributed by atoms with E-state index in [1.807, 2.05) is 0 Å². The van der Waals surface area contributed by atoms with Crippen molar-refractivity contribution in [2.75, 3.05) is 19.7 Å². The summed E-state index contributed by atoms with van der Waals surface area (Å²) in [4.78, 5) is 52.1. The lowest BCUT2D eigenvalue weighted by Gasteiger charge is -2.50. The summed E-state index contributed by atoms with van der Waals surface area (Å²) < 4.78 is 6.14. The number of carboxylic acids is 1. The van der Waals surface area contributed by atoms with E-state index in [0.29, 0.717) is 12.8 Å². The molecule has 1 fully saturated rings. The number of unbranched alkanes of at least 4 members (excludes halogenated alkanes) is 19. The number of nitrogens with two attached hydrogens (primary N) is 1. The summed E-state index contributed by atoms with van der Waals surface area (Å²) in [6.07, 6.45) is 18.6. The molecule has 0 aromatic rings. The van der Waals surface area contributed by atoms with Gasteiger partial charge >= 0.3 is 5.97 Å². The first-order chi connectivity index (χ1) is 25.0. The molecule has 0 unspecified atom stereocenters. The molecule has 3 amide bonds. The first-order valence-corrected chi connectivity index (χ1v) is 20.5. The predicted molar refractivity (Wildman–Crippen MR) is 202 cm³/mol. The molecule has 0 aromatic carbocycles. The molecule has 1 rings (SSSR count). The van der Waals surface area contributed by atoms with E-state index >= 15 is 0 Å². The van der Waals surface area contributed by atoms with Crippen LogP contribution in [0.1, 0.15) is 174 Å². The van der Waals surface area contributed by atoms with Gasteiger partial charge in [-0.2, -0.15) is 0 Å². The molecule has 0 bridgehead atoms. The highest BCUT2D eigenvalue weighted by molar-refractivity contribution is 5.88. The minimum Gasteiger partial charge on any atom is -0.481 e. The summed E-state index contributed by atoms with van der Waals surface area (Å²) >= 11 is 0. The number of aliphatic carboxylic acids is 1. The number of rotatable bonds is 32. The number of aliphatic hydroxyl groups is 3. The molecule has 0 radical (unpaired) electrons. The van der Waals surface area contributed by atoms with Gasteiger partial charge in [-0.15, -0.1) is 0 Å². The lowest BCUT2D eigenvalue weighted by molar-refractivity contribution is -0.280. The van der Waals surface area contributed by atoms with Crippen LogP contribution in [0.4, 0.5) is 0 Å². The number of amides is 3. The second-order valence-electron chi connectivity index (χ2n) is 14.7. The number of ether oxygens (including phenoxy) is 1. The fourth-order valence-corrected chi connectivity index (χ4v) is 6.80. The summed E-state index contributed by atoms with van der Waals surface area (Å²) in [6.45, 7) is 3.43. The van der Waals surface area contributed by atoms with Gasteiger partial charge in [-0.3, -0.25) is 24.1 Å². The molecular weight excluding hydrogens is 668 g/mol. The Morgan fingerprint density at radius 1 is 0.769 bits per heavy atom. The van der Waals surface area contributed by atoms with Crippen molar-refractivity contribution in [3.63, 3.8) is 0 Å². The summed E-state index contributed by atoms with van der Waals surface area (Å²) in [5, 5.41) is 45.5. The highest BCUT2D eigenvalue weighted by Crippen LogP contribution is 2.32. The van der Waals surface area contributed by atoms with Crippen molar-refractivity contribution >= 4 is 23.7 Å². The third kappa shape index (κ3) is 20.2. The Bertz CT molecular complexity index is 987. The SMILES string of the molecule is CCCCCCCCCCCCCCN(C(=O)CCCCCCCCCCC)[C@@]1(NC(=O)CNC(=O)[C@@H](N)CCC(=O)O)C[C@@H](O)[C@H](O)[C@@H](CO)O1. The van der Waals surface area contributed by atoms with Crippen LogP contribution in [-0.4, -0.2) is 98.9 Å². The van der Waals surface area contributed by atoms with Crippen LogP contribution in [0, 0.1) is 0 Å². The Labute approximate surface area is 313 Å². The van der Waals surface area contributed by atoms with Gasteiger partial charge in [0.15, 0.2) is 0 Å². The van der Waals surface area contributed by atoms with E-state index < -0.39 is 61.1 Å². The number of carbonyl (C=O) groups excluding carboxylic acids is 3. The van der Waals surface area contributed by atoms with Gasteiger partial charge in [0, 0.05) is 25.8 Å². The molecule has 0 spiro atoms. The van der Waals surface area contributed by atoms with Crippen molar-refractivity contribution < 1.29 is 44.3 Å². The van der Waals surface area contributed by atoms with Gasteiger partial charge in [0.2, 0.25) is 23.6 Å². The Hall–Kier alpha value is -2.32. The fourth-order valence-electron chi connectivity index (χ4n) is 6.80. The van der Waals surface area contributed by atoms with Gasteiger partial charge < -0.3 is 41.5 Å². The van der Waals surface area contributed by atoms with Crippen LogP contribution in [-0.2, 0) is 23.9 Å². The Kier molecular flexibility index (Phi) is 26.7. The number of carboxylic acid groups (broad SMARTS) is 1. The Morgan fingerprint density at radius 3 is 1.73 bits per heavy atom. The third-order valence-electron chi connectivity index (χ3n) is 10.0. The molecular formula is C39H74N4O9. The Balaban J connectivity index is 2.98. The minimum atomic E-state index is -1.88. The molecule has 52 heavy (non-hydrogen) atoms. The average molecular weight is 743 g/mol. The number of carbonyl (C=O) groups is 4. The van der Waals surface area contributed by atoms with Crippen LogP contribution in [0.3, 0.4) is 0 Å². The number of nitrogens with zero attached hydrogens (tertiary/aromatic N) is 1. The lowest BCUT2D eigenvalue weighted by atomic mass is 9.96. The maximum absolute atomic E-state index is 14.0. The van der Waals surface area contributed by atoms with Crippen molar-refractivity contribution in [2.45, 2.75) is 205 Å². The van der Waals surface area contributed by atoms with Crippen LogP contribution in [0.25, 0.3) is 0 Å². The predicted octanol–water partition coefficient (Wildman–Crippen LogP) is 5.02. The van der Waals surface area contributed by atoms with E-state index in [9.17, 15) is 34.5 Å². The molecule has 1 heterocycles. The van der Waals surface area contributed by atoms with Crippen LogP contribution in [0.5, 0.6) is 0 Å². The molecule has 304 valence electrons. The summed E-state index contributed by atoms with van der Waals surface area (Å²) in [7, 11) is 0. The first kappa shape index (κ1) is 47.7. The number of aliphatic hydroxyl groups excluding tert-OH is 3. The summed E-state index contributed by atoms with van der Waals surface area (Å²) in [6, 6.07) is -1.14. The highest BCUT2D eigenvalue weighted by Gasteiger charge is 2.52. The molecule has 8 N–H and O–H groups in total. The summed E-state index contributed by atoms with van der Waals surface area (Å²) in [5.74, 6) is -4.71. The molecule has 1 aliphatic rings. The smallest absolute Gasteiger partial charge is 0.303 e. The van der Waals surface area contributed by atoms with E-state index in [1.54, 1.807) is 0 Å². The van der Waals surface area contributed by atoms with Crippen LogP contribution in [0.2, 0.25) is 0 Å². The average Bonchev–Trinajstić information content (AvgIpc) is 3.12. The minimum absolute atomic E-state index is 0.113. The van der Waals surface area contributed by atoms with Gasteiger partial charge in [-0.25, -0.2) is 0 Å². The van der Waals surface area contributed by atoms with E-state index in [-0.39, 0.29) is 38.1 Å².